The van der Waals surface area contributed by atoms with Gasteiger partial charge in [0.1, 0.15) is 17.0 Å². The molecule has 0 saturated heterocycles. The predicted octanol–water partition coefficient (Wildman–Crippen LogP) is 4.29. The smallest absolute Gasteiger partial charge is 0.345 e. The Morgan fingerprint density at radius 1 is 1.39 bits per heavy atom. The van der Waals surface area contributed by atoms with E-state index in [-0.39, 0.29) is 11.1 Å². The van der Waals surface area contributed by atoms with Crippen molar-refractivity contribution < 1.29 is 18.3 Å². The fraction of sp³-hybridized carbons (Fsp3) is 0.308. The van der Waals surface area contributed by atoms with Gasteiger partial charge in [-0.2, -0.15) is 0 Å². The number of benzene rings is 1. The molecule has 2 aromatic rings. The number of hydrogen-bond acceptors (Lipinski definition) is 3. The first-order chi connectivity index (χ1) is 8.28. The molecule has 0 aliphatic heterocycles. The van der Waals surface area contributed by atoms with Crippen LogP contribution in [0.3, 0.4) is 0 Å². The van der Waals surface area contributed by atoms with E-state index >= 15 is 0 Å². The van der Waals surface area contributed by atoms with E-state index in [2.05, 4.69) is 15.9 Å². The van der Waals surface area contributed by atoms with Crippen molar-refractivity contribution in [1.82, 2.24) is 0 Å². The van der Waals surface area contributed by atoms with Crippen LogP contribution in [0.15, 0.2) is 27.3 Å². The minimum Gasteiger partial charge on any atom is -0.456 e. The monoisotopic (exact) mass is 314 g/mol. The van der Waals surface area contributed by atoms with Gasteiger partial charge in [0.25, 0.3) is 0 Å². The van der Waals surface area contributed by atoms with Crippen LogP contribution in [0, 0.1) is 5.82 Å². The van der Waals surface area contributed by atoms with Gasteiger partial charge in [-0.25, -0.2) is 9.18 Å². The molecule has 0 amide bonds. The molecule has 5 heteroatoms. The Kier molecular flexibility index (Phi) is 3.19. The second kappa shape index (κ2) is 4.39. The maximum atomic E-state index is 13.8. The van der Waals surface area contributed by atoms with Gasteiger partial charge in [-0.05, 0) is 54.9 Å². The van der Waals surface area contributed by atoms with Crippen molar-refractivity contribution in [3.05, 3.63) is 34.2 Å². The lowest BCUT2D eigenvalue weighted by Gasteiger charge is -2.19. The van der Waals surface area contributed by atoms with Gasteiger partial charge < -0.3 is 9.15 Å². The van der Waals surface area contributed by atoms with Crippen molar-refractivity contribution in [2.75, 3.05) is 0 Å². The first-order valence-electron chi connectivity index (χ1n) is 5.39. The normalized spacial score (nSPS) is 11.8. The third-order valence-corrected chi connectivity index (χ3v) is 2.60. The number of fused-ring (bicyclic) bond motifs is 1. The molecule has 2 rings (SSSR count). The van der Waals surface area contributed by atoms with Gasteiger partial charge in [0.05, 0.1) is 0 Å². The van der Waals surface area contributed by atoms with Gasteiger partial charge in [-0.1, -0.05) is 0 Å². The molecule has 0 radical (unpaired) electrons. The van der Waals surface area contributed by atoms with E-state index < -0.39 is 17.4 Å². The summed E-state index contributed by atoms with van der Waals surface area (Å²) in [6, 6.07) is 4.44. The molecule has 0 fully saturated rings. The number of carbonyl (C=O) groups excluding carboxylic acids is 1. The highest BCUT2D eigenvalue weighted by atomic mass is 79.9. The molecule has 0 unspecified atom stereocenters. The molecule has 1 aromatic heterocycles. The molecule has 96 valence electrons. The molecular weight excluding hydrogens is 303 g/mol. The minimum atomic E-state index is -0.729. The van der Waals surface area contributed by atoms with Crippen LogP contribution >= 0.6 is 15.9 Å². The standard InChI is InChI=1S/C13H12BrFO3/c1-13(2,3)18-12(16)10-8(15)5-4-7-6-9(14)17-11(7)10/h4-6H,1-3H3. The lowest BCUT2D eigenvalue weighted by Crippen LogP contribution is -2.24. The Morgan fingerprint density at radius 3 is 2.67 bits per heavy atom. The molecule has 0 bridgehead atoms. The molecule has 0 spiro atoms. The predicted molar refractivity (Wildman–Crippen MR) is 69.0 cm³/mol. The third-order valence-electron chi connectivity index (χ3n) is 2.21. The van der Waals surface area contributed by atoms with E-state index in [4.69, 9.17) is 9.15 Å². The Morgan fingerprint density at radius 2 is 2.06 bits per heavy atom. The van der Waals surface area contributed by atoms with Crippen LogP contribution in [0.1, 0.15) is 31.1 Å². The molecule has 1 aromatic carbocycles. The average Bonchev–Trinajstić information content (AvgIpc) is 2.54. The highest BCUT2D eigenvalue weighted by Gasteiger charge is 2.25. The van der Waals surface area contributed by atoms with E-state index in [1.54, 1.807) is 32.9 Å². The number of ether oxygens (including phenoxy) is 1. The zero-order chi connectivity index (χ0) is 13.5. The van der Waals surface area contributed by atoms with Crippen molar-refractivity contribution in [3.63, 3.8) is 0 Å². The second-order valence-corrected chi connectivity index (χ2v) is 5.67. The molecule has 3 nitrogen and oxygen atoms in total. The molecule has 0 aliphatic rings. The lowest BCUT2D eigenvalue weighted by molar-refractivity contribution is 0.00660. The van der Waals surface area contributed by atoms with Crippen LogP contribution in [-0.4, -0.2) is 11.6 Å². The lowest BCUT2D eigenvalue weighted by atomic mass is 10.1. The molecule has 0 saturated carbocycles. The Balaban J connectivity index is 2.55. The summed E-state index contributed by atoms with van der Waals surface area (Å²) >= 11 is 3.15. The number of hydrogen-bond donors (Lipinski definition) is 0. The average molecular weight is 315 g/mol. The quantitative estimate of drug-likeness (QED) is 0.737. The summed E-state index contributed by atoms with van der Waals surface area (Å²) in [6.07, 6.45) is 0. The van der Waals surface area contributed by atoms with Crippen molar-refractivity contribution in [2.24, 2.45) is 0 Å². The van der Waals surface area contributed by atoms with Gasteiger partial charge >= 0.3 is 5.97 Å². The number of carbonyl (C=O) groups is 1. The summed E-state index contributed by atoms with van der Waals surface area (Å²) < 4.78 is 24.7. The maximum absolute atomic E-state index is 13.8. The molecule has 0 aliphatic carbocycles. The van der Waals surface area contributed by atoms with Gasteiger partial charge in [-0.15, -0.1) is 0 Å². The van der Waals surface area contributed by atoms with E-state index in [1.807, 2.05) is 0 Å². The van der Waals surface area contributed by atoms with Crippen LogP contribution in [0.5, 0.6) is 0 Å². The van der Waals surface area contributed by atoms with E-state index in [0.717, 1.165) is 0 Å². The van der Waals surface area contributed by atoms with Crippen molar-refractivity contribution in [2.45, 2.75) is 26.4 Å². The Hall–Kier alpha value is -1.36. The van der Waals surface area contributed by atoms with Crippen molar-refractivity contribution in [3.8, 4) is 0 Å². The molecule has 1 heterocycles. The number of esters is 1. The van der Waals surface area contributed by atoms with Crippen LogP contribution in [0.25, 0.3) is 11.0 Å². The highest BCUT2D eigenvalue weighted by Crippen LogP contribution is 2.29. The molecule has 18 heavy (non-hydrogen) atoms. The number of rotatable bonds is 1. The Labute approximate surface area is 112 Å². The largest absolute Gasteiger partial charge is 0.456 e. The summed E-state index contributed by atoms with van der Waals surface area (Å²) in [5, 5.41) is 0.643. The number of halogens is 2. The number of furan rings is 1. The van der Waals surface area contributed by atoms with Crippen molar-refractivity contribution in [1.29, 1.82) is 0 Å². The van der Waals surface area contributed by atoms with E-state index in [0.29, 0.717) is 10.1 Å². The summed E-state index contributed by atoms with van der Waals surface area (Å²) in [7, 11) is 0. The van der Waals surface area contributed by atoms with Gasteiger partial charge in [-0.3, -0.25) is 0 Å². The first kappa shape index (κ1) is 13.1. The fourth-order valence-corrected chi connectivity index (χ4v) is 1.98. The molecular formula is C13H12BrFO3. The third kappa shape index (κ3) is 2.56. The first-order valence-corrected chi connectivity index (χ1v) is 6.18. The summed E-state index contributed by atoms with van der Waals surface area (Å²) in [5.74, 6) is -1.38. The molecule has 0 atom stereocenters. The summed E-state index contributed by atoms with van der Waals surface area (Å²) in [4.78, 5) is 12.0. The van der Waals surface area contributed by atoms with E-state index in [1.165, 1.54) is 6.07 Å². The van der Waals surface area contributed by atoms with Crippen molar-refractivity contribution >= 4 is 32.9 Å². The van der Waals surface area contributed by atoms with Crippen LogP contribution in [0.2, 0.25) is 0 Å². The summed E-state index contributed by atoms with van der Waals surface area (Å²) in [6.45, 7) is 5.17. The van der Waals surface area contributed by atoms with Gasteiger partial charge in [0, 0.05) is 5.39 Å². The maximum Gasteiger partial charge on any atom is 0.345 e. The molecule has 0 N–H and O–H groups in total. The van der Waals surface area contributed by atoms with Gasteiger partial charge in [0.2, 0.25) is 0 Å². The van der Waals surface area contributed by atoms with Crippen LogP contribution in [-0.2, 0) is 4.74 Å². The minimum absolute atomic E-state index is 0.173. The topological polar surface area (TPSA) is 39.4 Å². The Bertz CT molecular complexity index is 610. The van der Waals surface area contributed by atoms with E-state index in [9.17, 15) is 9.18 Å². The summed E-state index contributed by atoms with van der Waals surface area (Å²) in [5.41, 5.74) is -0.667. The zero-order valence-electron chi connectivity index (χ0n) is 10.2. The second-order valence-electron chi connectivity index (χ2n) is 4.89. The zero-order valence-corrected chi connectivity index (χ0v) is 11.8. The van der Waals surface area contributed by atoms with Crippen LogP contribution in [0.4, 0.5) is 4.39 Å². The fourth-order valence-electron chi connectivity index (χ4n) is 1.57. The van der Waals surface area contributed by atoms with Crippen LogP contribution < -0.4 is 0 Å². The SMILES string of the molecule is CC(C)(C)OC(=O)c1c(F)ccc2cc(Br)oc12. The van der Waals surface area contributed by atoms with Gasteiger partial charge in [0.15, 0.2) is 10.3 Å². The highest BCUT2D eigenvalue weighted by molar-refractivity contribution is 9.10.